The van der Waals surface area contributed by atoms with E-state index < -0.39 is 12.0 Å². The summed E-state index contributed by atoms with van der Waals surface area (Å²) in [5, 5.41) is 9.42. The lowest BCUT2D eigenvalue weighted by molar-refractivity contribution is -0.138. The summed E-state index contributed by atoms with van der Waals surface area (Å²) in [6, 6.07) is 17.9. The lowest BCUT2D eigenvalue weighted by Gasteiger charge is -2.21. The lowest BCUT2D eigenvalue weighted by atomic mass is 9.85. The highest BCUT2D eigenvalue weighted by molar-refractivity contribution is 7.04. The normalized spacial score (nSPS) is 13.4. The van der Waals surface area contributed by atoms with E-state index in [1.165, 1.54) is 0 Å². The van der Waals surface area contributed by atoms with E-state index in [1.807, 2.05) is 60.7 Å². The fourth-order valence-corrected chi connectivity index (χ4v) is 2.37. The van der Waals surface area contributed by atoms with E-state index in [0.717, 1.165) is 11.1 Å². The Kier molecular flexibility index (Phi) is 3.97. The van der Waals surface area contributed by atoms with E-state index in [1.54, 1.807) is 0 Å². The van der Waals surface area contributed by atoms with Crippen LogP contribution in [0.15, 0.2) is 65.4 Å². The average Bonchev–Trinajstić information content (AvgIpc) is 2.49. The summed E-state index contributed by atoms with van der Waals surface area (Å²) in [6.07, 6.45) is 0. The van der Waals surface area contributed by atoms with Crippen LogP contribution in [-0.2, 0) is 4.79 Å². The molecule has 0 amide bonds. The Morgan fingerprint density at radius 3 is 1.89 bits per heavy atom. The van der Waals surface area contributed by atoms with Crippen LogP contribution in [0.1, 0.15) is 17.0 Å². The van der Waals surface area contributed by atoms with Gasteiger partial charge in [-0.25, -0.2) is 4.79 Å². The molecule has 1 N–H and O–H groups in total. The van der Waals surface area contributed by atoms with Crippen molar-refractivity contribution in [3.63, 3.8) is 0 Å². The van der Waals surface area contributed by atoms with Crippen molar-refractivity contribution in [1.82, 2.24) is 0 Å². The number of carboxylic acids is 1. The zero-order chi connectivity index (χ0) is 14.4. The van der Waals surface area contributed by atoms with Crippen LogP contribution in [0.4, 0.5) is 0 Å². The molecule has 0 spiro atoms. The highest BCUT2D eigenvalue weighted by atomic mass is 31.0. The Hall–Kier alpha value is -1.99. The molecule has 0 saturated carbocycles. The van der Waals surface area contributed by atoms with Crippen molar-refractivity contribution in [3.8, 4) is 0 Å². The average molecular weight is 273 g/mol. The van der Waals surface area contributed by atoms with Crippen molar-refractivity contribution in [1.29, 1.82) is 1.28 Å². The summed E-state index contributed by atoms with van der Waals surface area (Å²) >= 11 is 0. The van der Waals surface area contributed by atoms with Crippen LogP contribution in [0.5, 0.6) is 0 Å². The summed E-state index contributed by atoms with van der Waals surface area (Å²) in [7, 11) is -0.0212. The number of hydrogen-bond donors (Lipinski definition) is 1. The Morgan fingerprint density at radius 1 is 1.05 bits per heavy atom. The molecule has 0 fully saturated rings. The minimum absolute atomic E-state index is 0.0212. The van der Waals surface area contributed by atoms with Crippen LogP contribution >= 0.6 is 8.98 Å². The van der Waals surface area contributed by atoms with Gasteiger partial charge in [0.05, 0.1) is 0 Å². The summed E-state index contributed by atoms with van der Waals surface area (Å²) in [4.78, 5) is 11.5. The van der Waals surface area contributed by atoms with Crippen molar-refractivity contribution in [2.45, 2.75) is 12.0 Å². The summed E-state index contributed by atoms with van der Waals surface area (Å²) in [5.41, 5.74) is 1.78. The second kappa shape index (κ2) is 6.26. The molecule has 96 valence electrons. The van der Waals surface area contributed by atoms with E-state index in [0.29, 0.717) is 0 Å². The van der Waals surface area contributed by atoms with Crippen LogP contribution in [0, 0.1) is 0 Å². The highest BCUT2D eigenvalue weighted by Crippen LogP contribution is 2.30. The molecular formula is C15H14NO2P. The highest BCUT2D eigenvalue weighted by Gasteiger charge is 2.29. The monoisotopic (exact) mass is 273 g/mol. The molecule has 2 rings (SSSR count). The Bertz CT molecular complexity index is 550. The first-order valence-corrected chi connectivity index (χ1v) is 6.31. The van der Waals surface area contributed by atoms with Gasteiger partial charge in [0, 0.05) is 5.92 Å². The minimum Gasteiger partial charge on any atom is -0.480 e. The van der Waals surface area contributed by atoms with Gasteiger partial charge >= 0.3 is 5.97 Å². The molecule has 2 aromatic rings. The maximum atomic E-state index is 11.5. The molecule has 0 aliphatic rings. The van der Waals surface area contributed by atoms with Gasteiger partial charge in [0.1, 0.15) is 1.28 Å². The first-order chi connectivity index (χ1) is 9.74. The van der Waals surface area contributed by atoms with Crippen molar-refractivity contribution >= 4 is 14.9 Å². The van der Waals surface area contributed by atoms with Gasteiger partial charge in [-0.2, -0.15) is 0 Å². The zero-order valence-electron chi connectivity index (χ0n) is 11.2. The van der Waals surface area contributed by atoms with E-state index in [2.05, 4.69) is 4.74 Å². The van der Waals surface area contributed by atoms with Crippen LogP contribution in [0.3, 0.4) is 0 Å². The third-order valence-corrected chi connectivity index (χ3v) is 3.26. The minimum atomic E-state index is -1.01. The van der Waals surface area contributed by atoms with Crippen molar-refractivity contribution < 1.29 is 9.90 Å². The first kappa shape index (κ1) is 12.1. The molecule has 0 aromatic heterocycles. The van der Waals surface area contributed by atoms with E-state index in [4.69, 9.17) is 1.28 Å². The molecule has 0 aliphatic heterocycles. The van der Waals surface area contributed by atoms with Gasteiger partial charge in [0.25, 0.3) is 0 Å². The molecule has 0 heterocycles. The number of hydrogen-bond acceptors (Lipinski definition) is 2. The van der Waals surface area contributed by atoms with Crippen LogP contribution in [-0.4, -0.2) is 18.4 Å². The number of rotatable bonds is 5. The molecule has 0 radical (unpaired) electrons. The van der Waals surface area contributed by atoms with Gasteiger partial charge in [0.15, 0.2) is 6.04 Å². The maximum absolute atomic E-state index is 11.5. The molecule has 3 nitrogen and oxygen atoms in total. The van der Waals surface area contributed by atoms with Gasteiger partial charge in [-0.05, 0) is 20.1 Å². The third kappa shape index (κ3) is 3.07. The fraction of sp³-hybridized carbons (Fsp3) is 0.133. The van der Waals surface area contributed by atoms with Gasteiger partial charge in [-0.15, -0.1) is 0 Å². The quantitative estimate of drug-likeness (QED) is 0.846. The maximum Gasteiger partial charge on any atom is 0.329 e. The number of benzene rings is 2. The fourth-order valence-electron chi connectivity index (χ4n) is 2.14. The molecular weight excluding hydrogens is 257 g/mol. The number of aliphatic carboxylic acids is 1. The smallest absolute Gasteiger partial charge is 0.329 e. The van der Waals surface area contributed by atoms with Crippen molar-refractivity contribution in [2.75, 3.05) is 0 Å². The molecule has 4 heteroatoms. The van der Waals surface area contributed by atoms with Crippen LogP contribution < -0.4 is 0 Å². The second-order valence-corrected chi connectivity index (χ2v) is 4.43. The second-order valence-electron chi connectivity index (χ2n) is 4.20. The van der Waals surface area contributed by atoms with Crippen molar-refractivity contribution in [2.24, 2.45) is 4.74 Å². The SMILES string of the molecule is [3H]P=N[C@@H](C(=O)O)C(c1ccccc1)c1ccccc1. The first-order valence-electron chi connectivity index (χ1n) is 6.35. The predicted molar refractivity (Wildman–Crippen MR) is 76.9 cm³/mol. The Balaban J connectivity index is 2.52. The standard InChI is InChI=1S/C15H14NO2P/c17-15(18)14(16-19)13(11-7-3-1-4-8-11)12-9-5-2-6-10-12/h1-10,13-14,19H,(H,17,18)/t14-/m1/s1/i19T. The summed E-state index contributed by atoms with van der Waals surface area (Å²) in [5.74, 6) is -1.39. The topological polar surface area (TPSA) is 49.7 Å². The van der Waals surface area contributed by atoms with Crippen LogP contribution in [0.2, 0.25) is 0 Å². The molecule has 0 saturated heterocycles. The third-order valence-electron chi connectivity index (χ3n) is 3.01. The Morgan fingerprint density at radius 2 is 1.53 bits per heavy atom. The lowest BCUT2D eigenvalue weighted by Crippen LogP contribution is -2.26. The van der Waals surface area contributed by atoms with Gasteiger partial charge in [0.2, 0.25) is 0 Å². The van der Waals surface area contributed by atoms with Gasteiger partial charge in [-0.1, -0.05) is 60.7 Å². The summed E-state index contributed by atoms with van der Waals surface area (Å²) < 4.78 is 11.1. The molecule has 19 heavy (non-hydrogen) atoms. The zero-order valence-corrected chi connectivity index (χ0v) is 11.1. The molecule has 2 aromatic carbocycles. The van der Waals surface area contributed by atoms with Crippen LogP contribution in [0.25, 0.3) is 0 Å². The molecule has 1 atom stereocenters. The molecule has 0 unspecified atom stereocenters. The van der Waals surface area contributed by atoms with Crippen molar-refractivity contribution in [3.05, 3.63) is 71.8 Å². The predicted octanol–water partition coefficient (Wildman–Crippen LogP) is 3.60. The summed E-state index contributed by atoms with van der Waals surface area (Å²) in [6.45, 7) is 0. The van der Waals surface area contributed by atoms with Gasteiger partial charge < -0.3 is 5.11 Å². The van der Waals surface area contributed by atoms with Gasteiger partial charge in [-0.3, -0.25) is 4.74 Å². The van der Waals surface area contributed by atoms with E-state index in [9.17, 15) is 9.90 Å². The Labute approximate surface area is 115 Å². The largest absolute Gasteiger partial charge is 0.480 e. The molecule has 0 aliphatic carbocycles. The number of nitrogens with zero attached hydrogens (tertiary/aromatic N) is 1. The number of carbonyl (C=O) groups is 1. The van der Waals surface area contributed by atoms with E-state index >= 15 is 0 Å². The molecule has 0 bridgehead atoms. The number of carboxylic acid groups (broad SMARTS) is 1. The van der Waals surface area contributed by atoms with E-state index in [-0.39, 0.29) is 14.9 Å².